The molecule has 0 aromatic rings. The molecule has 1 amide bonds. The number of carbonyl (C=O) groups is 4. The molecule has 0 radical (unpaired) electrons. The van der Waals surface area contributed by atoms with E-state index in [1.54, 1.807) is 6.92 Å². The number of hydrogen-bond donors (Lipinski definition) is 3. The van der Waals surface area contributed by atoms with Crippen LogP contribution in [0.5, 0.6) is 0 Å². The normalized spacial score (nSPS) is 13.3. The standard InChI is InChI=1S/C15H25NO6/c1-10(17)7-5-3-4-6-8-13(20)16-9-12(19)15(22)14(21)11(2)18/h14-15,21-22H,3-9H2,1-2H3,(H,16,20)/t14-,15-/m0/s1. The molecule has 0 aliphatic heterocycles. The van der Waals surface area contributed by atoms with E-state index in [0.717, 1.165) is 26.2 Å². The van der Waals surface area contributed by atoms with Crippen LogP contribution in [-0.4, -0.2) is 52.2 Å². The van der Waals surface area contributed by atoms with E-state index >= 15 is 0 Å². The van der Waals surface area contributed by atoms with E-state index < -0.39 is 30.3 Å². The van der Waals surface area contributed by atoms with Gasteiger partial charge in [0.25, 0.3) is 0 Å². The van der Waals surface area contributed by atoms with Crippen LogP contribution >= 0.6 is 0 Å². The van der Waals surface area contributed by atoms with Gasteiger partial charge in [-0.1, -0.05) is 12.8 Å². The van der Waals surface area contributed by atoms with Gasteiger partial charge in [0.05, 0.1) is 6.54 Å². The van der Waals surface area contributed by atoms with E-state index in [0.29, 0.717) is 12.8 Å². The van der Waals surface area contributed by atoms with Crippen LogP contribution in [0.1, 0.15) is 52.4 Å². The van der Waals surface area contributed by atoms with Gasteiger partial charge in [0.1, 0.15) is 18.0 Å². The smallest absolute Gasteiger partial charge is 0.220 e. The van der Waals surface area contributed by atoms with E-state index in [-0.39, 0.29) is 18.1 Å². The highest BCUT2D eigenvalue weighted by Crippen LogP contribution is 2.05. The summed E-state index contributed by atoms with van der Waals surface area (Å²) in [4.78, 5) is 44.5. The quantitative estimate of drug-likeness (QED) is 0.433. The number of amides is 1. The SMILES string of the molecule is CC(=O)CCCCCCC(=O)NCC(=O)[C@H](O)[C@@H](O)C(C)=O. The summed E-state index contributed by atoms with van der Waals surface area (Å²) >= 11 is 0. The van der Waals surface area contributed by atoms with Crippen molar-refractivity contribution in [1.82, 2.24) is 5.32 Å². The third kappa shape index (κ3) is 9.36. The Morgan fingerprint density at radius 3 is 1.91 bits per heavy atom. The highest BCUT2D eigenvalue weighted by molar-refractivity contribution is 5.94. The predicted octanol–water partition coefficient (Wildman–Crippen LogP) is -0.0879. The second kappa shape index (κ2) is 11.0. The summed E-state index contributed by atoms with van der Waals surface area (Å²) in [5, 5.41) is 21.0. The number of aliphatic hydroxyl groups is 2. The minimum absolute atomic E-state index is 0.155. The molecule has 0 bridgehead atoms. The largest absolute Gasteiger partial charge is 0.382 e. The molecule has 7 nitrogen and oxygen atoms in total. The van der Waals surface area contributed by atoms with Crippen molar-refractivity contribution < 1.29 is 29.4 Å². The fourth-order valence-corrected chi connectivity index (χ4v) is 1.79. The first-order valence-electron chi connectivity index (χ1n) is 7.41. The molecule has 0 rings (SSSR count). The number of hydrogen-bond acceptors (Lipinski definition) is 6. The Hall–Kier alpha value is -1.60. The Morgan fingerprint density at radius 2 is 1.41 bits per heavy atom. The number of ketones is 3. The maximum absolute atomic E-state index is 11.5. The van der Waals surface area contributed by atoms with Gasteiger partial charge in [-0.05, 0) is 26.7 Å². The molecule has 126 valence electrons. The van der Waals surface area contributed by atoms with Gasteiger partial charge in [0.2, 0.25) is 5.91 Å². The van der Waals surface area contributed by atoms with Crippen LogP contribution < -0.4 is 5.32 Å². The number of nitrogens with one attached hydrogen (secondary N) is 1. The van der Waals surface area contributed by atoms with Crippen molar-refractivity contribution in [2.75, 3.05) is 6.54 Å². The Balaban J connectivity index is 3.78. The Bertz CT molecular complexity index is 407. The van der Waals surface area contributed by atoms with Crippen molar-refractivity contribution in [2.45, 2.75) is 64.6 Å². The molecule has 0 aliphatic rings. The molecule has 7 heteroatoms. The average Bonchev–Trinajstić information content (AvgIpc) is 2.46. The van der Waals surface area contributed by atoms with Gasteiger partial charge in [-0.15, -0.1) is 0 Å². The first-order chi connectivity index (χ1) is 10.3. The first-order valence-corrected chi connectivity index (χ1v) is 7.41. The van der Waals surface area contributed by atoms with Crippen molar-refractivity contribution in [3.63, 3.8) is 0 Å². The van der Waals surface area contributed by atoms with Crippen molar-refractivity contribution in [3.8, 4) is 0 Å². The fraction of sp³-hybridized carbons (Fsp3) is 0.733. The fourth-order valence-electron chi connectivity index (χ4n) is 1.79. The molecule has 22 heavy (non-hydrogen) atoms. The van der Waals surface area contributed by atoms with Crippen LogP contribution in [0.4, 0.5) is 0 Å². The van der Waals surface area contributed by atoms with Crippen LogP contribution in [0, 0.1) is 0 Å². The molecule has 0 aromatic carbocycles. The molecule has 0 spiro atoms. The van der Waals surface area contributed by atoms with Gasteiger partial charge in [-0.3, -0.25) is 14.4 Å². The second-order valence-electron chi connectivity index (χ2n) is 5.36. The van der Waals surface area contributed by atoms with Crippen molar-refractivity contribution in [1.29, 1.82) is 0 Å². The van der Waals surface area contributed by atoms with Gasteiger partial charge < -0.3 is 20.3 Å². The van der Waals surface area contributed by atoms with Gasteiger partial charge in [0.15, 0.2) is 11.6 Å². The summed E-state index contributed by atoms with van der Waals surface area (Å²) in [6.07, 6.45) is 0.377. The summed E-state index contributed by atoms with van der Waals surface area (Å²) in [5.41, 5.74) is 0. The third-order valence-electron chi connectivity index (χ3n) is 3.19. The number of Topliss-reactive ketones (excluding diaryl/α,β-unsaturated/α-hetero) is 3. The van der Waals surface area contributed by atoms with Crippen LogP contribution in [0.3, 0.4) is 0 Å². The first kappa shape index (κ1) is 20.4. The number of carbonyl (C=O) groups excluding carboxylic acids is 4. The zero-order valence-corrected chi connectivity index (χ0v) is 13.1. The van der Waals surface area contributed by atoms with Crippen molar-refractivity contribution >= 4 is 23.3 Å². The Morgan fingerprint density at radius 1 is 0.864 bits per heavy atom. The second-order valence-corrected chi connectivity index (χ2v) is 5.36. The molecule has 0 saturated heterocycles. The van der Waals surface area contributed by atoms with E-state index in [4.69, 9.17) is 0 Å². The zero-order valence-electron chi connectivity index (χ0n) is 13.1. The van der Waals surface area contributed by atoms with Crippen LogP contribution in [0.15, 0.2) is 0 Å². The van der Waals surface area contributed by atoms with Crippen LogP contribution in [0.25, 0.3) is 0 Å². The van der Waals surface area contributed by atoms with Gasteiger partial charge in [-0.25, -0.2) is 0 Å². The van der Waals surface area contributed by atoms with Crippen molar-refractivity contribution in [2.24, 2.45) is 0 Å². The molecule has 0 aliphatic carbocycles. The Kier molecular flexibility index (Phi) is 10.2. The maximum atomic E-state index is 11.5. The average molecular weight is 315 g/mol. The summed E-state index contributed by atoms with van der Waals surface area (Å²) in [5.74, 6) is -1.69. The minimum atomic E-state index is -1.82. The molecule has 0 saturated carbocycles. The number of aliphatic hydroxyl groups excluding tert-OH is 2. The summed E-state index contributed by atoms with van der Waals surface area (Å²) in [6.45, 7) is 2.18. The van der Waals surface area contributed by atoms with Crippen LogP contribution in [0.2, 0.25) is 0 Å². The van der Waals surface area contributed by atoms with Gasteiger partial charge in [-0.2, -0.15) is 0 Å². The molecule has 2 atom stereocenters. The highest BCUT2D eigenvalue weighted by atomic mass is 16.3. The lowest BCUT2D eigenvalue weighted by molar-refractivity contribution is -0.142. The van der Waals surface area contributed by atoms with E-state index in [1.807, 2.05) is 0 Å². The molecular weight excluding hydrogens is 290 g/mol. The zero-order chi connectivity index (χ0) is 17.1. The maximum Gasteiger partial charge on any atom is 0.220 e. The number of unbranched alkanes of at least 4 members (excludes halogenated alkanes) is 3. The van der Waals surface area contributed by atoms with Gasteiger partial charge in [0, 0.05) is 12.8 Å². The van der Waals surface area contributed by atoms with Crippen molar-refractivity contribution in [3.05, 3.63) is 0 Å². The molecule has 0 fully saturated rings. The minimum Gasteiger partial charge on any atom is -0.382 e. The predicted molar refractivity (Wildman–Crippen MR) is 79.1 cm³/mol. The van der Waals surface area contributed by atoms with E-state index in [2.05, 4.69) is 5.32 Å². The number of rotatable bonds is 12. The molecule has 0 aromatic heterocycles. The van der Waals surface area contributed by atoms with E-state index in [9.17, 15) is 29.4 Å². The summed E-state index contributed by atoms with van der Waals surface area (Å²) < 4.78 is 0. The molecule has 0 unspecified atom stereocenters. The molecular formula is C15H25NO6. The summed E-state index contributed by atoms with van der Waals surface area (Å²) in [6, 6.07) is 0. The van der Waals surface area contributed by atoms with Gasteiger partial charge >= 0.3 is 0 Å². The Labute approximate surface area is 130 Å². The molecule has 3 N–H and O–H groups in total. The third-order valence-corrected chi connectivity index (χ3v) is 3.19. The lowest BCUT2D eigenvalue weighted by Gasteiger charge is -2.14. The van der Waals surface area contributed by atoms with Crippen LogP contribution in [-0.2, 0) is 19.2 Å². The lowest BCUT2D eigenvalue weighted by Crippen LogP contribution is -2.43. The highest BCUT2D eigenvalue weighted by Gasteiger charge is 2.27. The lowest BCUT2D eigenvalue weighted by atomic mass is 10.1. The topological polar surface area (TPSA) is 121 Å². The molecule has 0 heterocycles. The monoisotopic (exact) mass is 315 g/mol. The summed E-state index contributed by atoms with van der Waals surface area (Å²) in [7, 11) is 0. The van der Waals surface area contributed by atoms with E-state index in [1.165, 1.54) is 0 Å².